The van der Waals surface area contributed by atoms with Crippen LogP contribution < -0.4 is 0 Å². The summed E-state index contributed by atoms with van der Waals surface area (Å²) in [5, 5.41) is 0. The van der Waals surface area contributed by atoms with Crippen molar-refractivity contribution < 1.29 is 0 Å². The molecule has 0 bridgehead atoms. The molecular weight excluding hydrogens is 168 g/mol. The van der Waals surface area contributed by atoms with Crippen molar-refractivity contribution in [2.45, 2.75) is 13.8 Å². The Morgan fingerprint density at radius 2 is 1.86 bits per heavy atom. The van der Waals surface area contributed by atoms with Crippen LogP contribution in [-0.4, -0.2) is 0 Å². The summed E-state index contributed by atoms with van der Waals surface area (Å²) in [5.41, 5.74) is 3.49. The van der Waals surface area contributed by atoms with E-state index in [1.807, 2.05) is 25.1 Å². The number of rotatable bonds is 2. The van der Waals surface area contributed by atoms with Gasteiger partial charge in [-0.1, -0.05) is 67.3 Å². The lowest BCUT2D eigenvalue weighted by molar-refractivity contribution is 1.46. The second-order valence-corrected chi connectivity index (χ2v) is 3.17. The van der Waals surface area contributed by atoms with Gasteiger partial charge in [-0.2, -0.15) is 0 Å². The molecule has 1 aromatic rings. The summed E-state index contributed by atoms with van der Waals surface area (Å²) in [6.45, 7) is 14.7. The highest BCUT2D eigenvalue weighted by atomic mass is 13.9. The smallest absolute Gasteiger partial charge is 0.0260 e. The molecule has 74 valence electrons. The molecule has 0 amide bonds. The highest BCUT2D eigenvalue weighted by molar-refractivity contribution is 5.47. The third-order valence-electron chi connectivity index (χ3n) is 1.63. The van der Waals surface area contributed by atoms with Gasteiger partial charge >= 0.3 is 0 Å². The van der Waals surface area contributed by atoms with Gasteiger partial charge in [-0.3, -0.25) is 0 Å². The van der Waals surface area contributed by atoms with E-state index in [0.29, 0.717) is 0 Å². The average Bonchev–Trinajstić information content (AvgIpc) is 2.18. The normalized spacial score (nSPS) is 8.14. The van der Waals surface area contributed by atoms with Crippen molar-refractivity contribution in [1.29, 1.82) is 0 Å². The lowest BCUT2D eigenvalue weighted by atomic mass is 10.1. The van der Waals surface area contributed by atoms with E-state index in [9.17, 15) is 0 Å². The predicted molar refractivity (Wildman–Crippen MR) is 66.3 cm³/mol. The lowest BCUT2D eigenvalue weighted by Crippen LogP contribution is -1.72. The van der Waals surface area contributed by atoms with Crippen molar-refractivity contribution in [2.24, 2.45) is 0 Å². The summed E-state index contributed by atoms with van der Waals surface area (Å²) in [5.74, 6) is 0. The van der Waals surface area contributed by atoms with E-state index in [4.69, 9.17) is 0 Å². The first-order valence-corrected chi connectivity index (χ1v) is 4.57. The first-order valence-electron chi connectivity index (χ1n) is 4.57. The van der Waals surface area contributed by atoms with Crippen molar-refractivity contribution in [2.75, 3.05) is 0 Å². The Morgan fingerprint density at radius 3 is 2.14 bits per heavy atom. The van der Waals surface area contributed by atoms with Crippen LogP contribution in [0.2, 0.25) is 0 Å². The fourth-order valence-electron chi connectivity index (χ4n) is 0.797. The number of benzene rings is 1. The standard InChI is InChI=1S/C9H10.C5H8/c1-3-9-6-4-5-8(2)7-9;1-4-5(2)3/h3-7H,1H2,2H3;4H,1-2H2,3H3. The van der Waals surface area contributed by atoms with Gasteiger partial charge in [0.2, 0.25) is 0 Å². The van der Waals surface area contributed by atoms with E-state index in [0.717, 1.165) is 5.57 Å². The van der Waals surface area contributed by atoms with Gasteiger partial charge in [0.05, 0.1) is 0 Å². The zero-order chi connectivity index (χ0) is 11.0. The van der Waals surface area contributed by atoms with Gasteiger partial charge < -0.3 is 0 Å². The Kier molecular flexibility index (Phi) is 6.13. The fourth-order valence-corrected chi connectivity index (χ4v) is 0.797. The van der Waals surface area contributed by atoms with Crippen LogP contribution in [0.1, 0.15) is 18.1 Å². The summed E-state index contributed by atoms with van der Waals surface area (Å²) in [4.78, 5) is 0. The molecule has 0 aliphatic carbocycles. The van der Waals surface area contributed by atoms with Crippen molar-refractivity contribution in [1.82, 2.24) is 0 Å². The maximum Gasteiger partial charge on any atom is -0.0260 e. The van der Waals surface area contributed by atoms with Crippen LogP contribution in [0.4, 0.5) is 0 Å². The number of hydrogen-bond acceptors (Lipinski definition) is 0. The van der Waals surface area contributed by atoms with Gasteiger partial charge in [0, 0.05) is 0 Å². The molecular formula is C14H18. The van der Waals surface area contributed by atoms with Crippen LogP contribution in [0, 0.1) is 6.92 Å². The van der Waals surface area contributed by atoms with Gasteiger partial charge in [-0.25, -0.2) is 0 Å². The summed E-state index contributed by atoms with van der Waals surface area (Å²) in [7, 11) is 0. The lowest BCUT2D eigenvalue weighted by Gasteiger charge is -1.92. The molecule has 0 heteroatoms. The van der Waals surface area contributed by atoms with E-state index in [1.165, 1.54) is 11.1 Å². The highest BCUT2D eigenvalue weighted by Gasteiger charge is 1.83. The number of hydrogen-bond donors (Lipinski definition) is 0. The summed E-state index contributed by atoms with van der Waals surface area (Å²) in [6, 6.07) is 8.26. The second kappa shape index (κ2) is 6.90. The zero-order valence-corrected chi connectivity index (χ0v) is 9.09. The molecule has 0 nitrogen and oxygen atoms in total. The first kappa shape index (κ1) is 12.4. The van der Waals surface area contributed by atoms with Crippen molar-refractivity contribution in [3.05, 3.63) is 66.8 Å². The molecule has 0 N–H and O–H groups in total. The Morgan fingerprint density at radius 1 is 1.29 bits per heavy atom. The van der Waals surface area contributed by atoms with Crippen LogP contribution in [0.25, 0.3) is 6.08 Å². The van der Waals surface area contributed by atoms with E-state index in [1.54, 1.807) is 6.08 Å². The van der Waals surface area contributed by atoms with Gasteiger partial charge in [0.1, 0.15) is 0 Å². The van der Waals surface area contributed by atoms with Crippen molar-refractivity contribution in [3.8, 4) is 0 Å². The predicted octanol–water partition coefficient (Wildman–Crippen LogP) is 4.39. The molecule has 1 aromatic carbocycles. The van der Waals surface area contributed by atoms with E-state index in [2.05, 4.69) is 38.8 Å². The van der Waals surface area contributed by atoms with Crippen LogP contribution in [0.3, 0.4) is 0 Å². The topological polar surface area (TPSA) is 0 Å². The molecule has 0 saturated carbocycles. The Hall–Kier alpha value is -1.56. The third-order valence-corrected chi connectivity index (χ3v) is 1.63. The van der Waals surface area contributed by atoms with E-state index in [-0.39, 0.29) is 0 Å². The molecule has 0 saturated heterocycles. The Balaban J connectivity index is 0.000000292. The first-order chi connectivity index (χ1) is 6.60. The minimum absolute atomic E-state index is 1.02. The minimum Gasteiger partial charge on any atom is -0.0988 e. The summed E-state index contributed by atoms with van der Waals surface area (Å²) < 4.78 is 0. The summed E-state index contributed by atoms with van der Waals surface area (Å²) >= 11 is 0. The second-order valence-electron chi connectivity index (χ2n) is 3.17. The molecule has 0 aromatic heterocycles. The van der Waals surface area contributed by atoms with Gasteiger partial charge in [-0.15, -0.1) is 0 Å². The van der Waals surface area contributed by atoms with Gasteiger partial charge in [0.15, 0.2) is 0 Å². The van der Waals surface area contributed by atoms with E-state index >= 15 is 0 Å². The van der Waals surface area contributed by atoms with Crippen LogP contribution >= 0.6 is 0 Å². The fraction of sp³-hybridized carbons (Fsp3) is 0.143. The maximum atomic E-state index is 3.67. The maximum absolute atomic E-state index is 3.67. The molecule has 0 heterocycles. The molecule has 1 rings (SSSR count). The van der Waals surface area contributed by atoms with Crippen LogP contribution in [0.15, 0.2) is 55.7 Å². The zero-order valence-electron chi connectivity index (χ0n) is 9.09. The molecule has 0 aliphatic rings. The largest absolute Gasteiger partial charge is 0.0988 e. The monoisotopic (exact) mass is 186 g/mol. The molecule has 14 heavy (non-hydrogen) atoms. The van der Waals surface area contributed by atoms with E-state index < -0.39 is 0 Å². The average molecular weight is 186 g/mol. The molecule has 0 unspecified atom stereocenters. The van der Waals surface area contributed by atoms with Gasteiger partial charge in [-0.05, 0) is 19.4 Å². The molecule has 0 aliphatic heterocycles. The highest BCUT2D eigenvalue weighted by Crippen LogP contribution is 2.03. The number of allylic oxidation sites excluding steroid dienone is 2. The van der Waals surface area contributed by atoms with Gasteiger partial charge in [0.25, 0.3) is 0 Å². The molecule has 0 radical (unpaired) electrons. The Labute approximate surface area is 87.3 Å². The minimum atomic E-state index is 1.02. The summed E-state index contributed by atoms with van der Waals surface area (Å²) in [6.07, 6.45) is 3.58. The molecule has 0 fully saturated rings. The van der Waals surface area contributed by atoms with Crippen molar-refractivity contribution >= 4 is 6.08 Å². The molecule has 0 atom stereocenters. The quantitative estimate of drug-likeness (QED) is 0.601. The Bertz CT molecular complexity index is 319. The van der Waals surface area contributed by atoms with Crippen LogP contribution in [0.5, 0.6) is 0 Å². The van der Waals surface area contributed by atoms with Crippen LogP contribution in [-0.2, 0) is 0 Å². The number of aryl methyl sites for hydroxylation is 1. The third kappa shape index (κ3) is 6.01. The SMILES string of the molecule is C=CC(=C)C.C=Cc1cccc(C)c1. The van der Waals surface area contributed by atoms with Crippen molar-refractivity contribution in [3.63, 3.8) is 0 Å². The molecule has 0 spiro atoms.